The molecule has 2 amide bonds. The van der Waals surface area contributed by atoms with Gasteiger partial charge >= 0.3 is 0 Å². The van der Waals surface area contributed by atoms with Gasteiger partial charge in [0, 0.05) is 19.6 Å². The topological polar surface area (TPSA) is 80.1 Å². The van der Waals surface area contributed by atoms with E-state index < -0.39 is 0 Å². The molecule has 0 spiro atoms. The molecule has 7 nitrogen and oxygen atoms in total. The van der Waals surface area contributed by atoms with Crippen molar-refractivity contribution in [1.29, 1.82) is 0 Å². The summed E-state index contributed by atoms with van der Waals surface area (Å²) in [6.45, 7) is 0.342. The SMILES string of the molecule is Cn1nnc2ccc(CN(CC(=O)NC3CCCCC3)C(=O)CCl)cc21. The number of halogens is 1. The molecule has 26 heavy (non-hydrogen) atoms. The number of fused-ring (bicyclic) bond motifs is 1. The minimum absolute atomic E-state index is 0.0176. The lowest BCUT2D eigenvalue weighted by molar-refractivity contribution is -0.135. The highest BCUT2D eigenvalue weighted by Crippen LogP contribution is 2.18. The molecule has 1 aliphatic rings. The van der Waals surface area contributed by atoms with E-state index in [-0.39, 0.29) is 30.3 Å². The van der Waals surface area contributed by atoms with Gasteiger partial charge in [-0.3, -0.25) is 9.59 Å². The summed E-state index contributed by atoms with van der Waals surface area (Å²) in [7, 11) is 1.82. The van der Waals surface area contributed by atoms with E-state index in [1.165, 1.54) is 11.3 Å². The van der Waals surface area contributed by atoms with Crippen LogP contribution in [0.1, 0.15) is 37.7 Å². The van der Waals surface area contributed by atoms with Gasteiger partial charge in [0.05, 0.1) is 12.1 Å². The number of aromatic nitrogens is 3. The summed E-state index contributed by atoms with van der Waals surface area (Å²) in [6, 6.07) is 5.91. The molecule has 0 bridgehead atoms. The van der Waals surface area contributed by atoms with Crippen LogP contribution in [-0.4, -0.2) is 50.2 Å². The number of amides is 2. The molecule has 8 heteroatoms. The third kappa shape index (κ3) is 4.52. The third-order valence-electron chi connectivity index (χ3n) is 4.82. The van der Waals surface area contributed by atoms with Crippen molar-refractivity contribution < 1.29 is 9.59 Å². The van der Waals surface area contributed by atoms with Crippen molar-refractivity contribution in [2.24, 2.45) is 7.05 Å². The molecule has 1 aromatic carbocycles. The number of nitrogens with zero attached hydrogens (tertiary/aromatic N) is 4. The minimum Gasteiger partial charge on any atom is -0.352 e. The summed E-state index contributed by atoms with van der Waals surface area (Å²) in [5.74, 6) is -0.529. The Bertz CT molecular complexity index is 785. The van der Waals surface area contributed by atoms with E-state index in [2.05, 4.69) is 15.6 Å². The molecule has 1 N–H and O–H groups in total. The summed E-state index contributed by atoms with van der Waals surface area (Å²) in [6.07, 6.45) is 5.55. The van der Waals surface area contributed by atoms with Crippen LogP contribution in [0.25, 0.3) is 11.0 Å². The van der Waals surface area contributed by atoms with Crippen molar-refractivity contribution in [3.8, 4) is 0 Å². The second-order valence-corrected chi connectivity index (χ2v) is 7.09. The second kappa shape index (κ2) is 8.49. The van der Waals surface area contributed by atoms with Crippen LogP contribution in [0.5, 0.6) is 0 Å². The Morgan fingerprint density at radius 2 is 2.08 bits per heavy atom. The number of rotatable bonds is 6. The van der Waals surface area contributed by atoms with Crippen molar-refractivity contribution in [3.63, 3.8) is 0 Å². The predicted octanol–water partition coefficient (Wildman–Crippen LogP) is 1.98. The van der Waals surface area contributed by atoms with Crippen LogP contribution < -0.4 is 5.32 Å². The molecule has 0 aliphatic heterocycles. The quantitative estimate of drug-likeness (QED) is 0.780. The van der Waals surface area contributed by atoms with Gasteiger partial charge in [-0.1, -0.05) is 30.5 Å². The molecule has 0 unspecified atom stereocenters. The summed E-state index contributed by atoms with van der Waals surface area (Å²) in [4.78, 5) is 26.1. The average Bonchev–Trinajstić information content (AvgIpc) is 3.02. The van der Waals surface area contributed by atoms with Gasteiger partial charge in [-0.25, -0.2) is 4.68 Å². The molecular formula is C18H24ClN5O2. The molecule has 1 saturated carbocycles. The van der Waals surface area contributed by atoms with Gasteiger partial charge in [0.1, 0.15) is 11.4 Å². The molecule has 1 heterocycles. The van der Waals surface area contributed by atoms with E-state index in [0.29, 0.717) is 6.54 Å². The Labute approximate surface area is 157 Å². The Morgan fingerprint density at radius 3 is 2.81 bits per heavy atom. The maximum absolute atomic E-state index is 12.4. The first-order chi connectivity index (χ1) is 12.6. The van der Waals surface area contributed by atoms with E-state index >= 15 is 0 Å². The van der Waals surface area contributed by atoms with E-state index in [1.54, 1.807) is 4.68 Å². The number of aryl methyl sites for hydroxylation is 1. The summed E-state index contributed by atoms with van der Waals surface area (Å²) < 4.78 is 1.68. The third-order valence-corrected chi connectivity index (χ3v) is 5.05. The van der Waals surface area contributed by atoms with Crippen molar-refractivity contribution in [1.82, 2.24) is 25.2 Å². The van der Waals surface area contributed by atoms with Gasteiger partial charge in [0.2, 0.25) is 11.8 Å². The summed E-state index contributed by atoms with van der Waals surface area (Å²) >= 11 is 5.74. The number of hydrogen-bond donors (Lipinski definition) is 1. The Balaban J connectivity index is 1.67. The highest BCUT2D eigenvalue weighted by Gasteiger charge is 2.20. The van der Waals surface area contributed by atoms with Crippen molar-refractivity contribution in [2.45, 2.75) is 44.7 Å². The van der Waals surface area contributed by atoms with E-state index in [0.717, 1.165) is 42.3 Å². The predicted molar refractivity (Wildman–Crippen MR) is 99.7 cm³/mol. The maximum Gasteiger partial charge on any atom is 0.239 e. The first-order valence-corrected chi connectivity index (χ1v) is 9.51. The molecule has 0 saturated heterocycles. The lowest BCUT2D eigenvalue weighted by Gasteiger charge is -2.26. The van der Waals surface area contributed by atoms with Crippen LogP contribution in [0.4, 0.5) is 0 Å². The second-order valence-electron chi connectivity index (χ2n) is 6.82. The smallest absolute Gasteiger partial charge is 0.239 e. The van der Waals surface area contributed by atoms with Crippen LogP contribution in [0.2, 0.25) is 0 Å². The first-order valence-electron chi connectivity index (χ1n) is 8.98. The van der Waals surface area contributed by atoms with Gasteiger partial charge in [-0.15, -0.1) is 16.7 Å². The zero-order chi connectivity index (χ0) is 18.5. The lowest BCUT2D eigenvalue weighted by Crippen LogP contribution is -2.44. The van der Waals surface area contributed by atoms with Crippen LogP contribution in [0.15, 0.2) is 18.2 Å². The maximum atomic E-state index is 12.4. The first kappa shape index (κ1) is 18.6. The van der Waals surface area contributed by atoms with E-state index in [4.69, 9.17) is 11.6 Å². The highest BCUT2D eigenvalue weighted by atomic mass is 35.5. The molecule has 1 aliphatic carbocycles. The fourth-order valence-corrected chi connectivity index (χ4v) is 3.57. The molecule has 3 rings (SSSR count). The molecule has 140 valence electrons. The minimum atomic E-state index is -0.256. The Kier molecular flexibility index (Phi) is 6.08. The van der Waals surface area contributed by atoms with Crippen LogP contribution in [0.3, 0.4) is 0 Å². The molecule has 1 fully saturated rings. The normalized spacial score (nSPS) is 15.2. The zero-order valence-corrected chi connectivity index (χ0v) is 15.7. The number of nitrogens with one attached hydrogen (secondary N) is 1. The van der Waals surface area contributed by atoms with Crippen molar-refractivity contribution in [3.05, 3.63) is 23.8 Å². The summed E-state index contributed by atoms with van der Waals surface area (Å²) in [5.41, 5.74) is 2.58. The monoisotopic (exact) mass is 377 g/mol. The fourth-order valence-electron chi connectivity index (χ4n) is 3.41. The van der Waals surface area contributed by atoms with E-state index in [1.807, 2.05) is 25.2 Å². The molecule has 1 aromatic heterocycles. The zero-order valence-electron chi connectivity index (χ0n) is 14.9. The summed E-state index contributed by atoms with van der Waals surface area (Å²) in [5, 5.41) is 11.1. The van der Waals surface area contributed by atoms with Crippen molar-refractivity contribution in [2.75, 3.05) is 12.4 Å². The van der Waals surface area contributed by atoms with Gasteiger partial charge < -0.3 is 10.2 Å². The number of hydrogen-bond acceptors (Lipinski definition) is 4. The van der Waals surface area contributed by atoms with Crippen LogP contribution in [-0.2, 0) is 23.2 Å². The fraction of sp³-hybridized carbons (Fsp3) is 0.556. The number of benzene rings is 1. The molecule has 0 atom stereocenters. The molecule has 0 radical (unpaired) electrons. The lowest BCUT2D eigenvalue weighted by atomic mass is 9.95. The van der Waals surface area contributed by atoms with Gasteiger partial charge in [0.15, 0.2) is 0 Å². The highest BCUT2D eigenvalue weighted by molar-refractivity contribution is 6.27. The van der Waals surface area contributed by atoms with Crippen LogP contribution >= 0.6 is 11.6 Å². The number of alkyl halides is 1. The molecular weight excluding hydrogens is 354 g/mol. The molecule has 2 aromatic rings. The number of carbonyl (C=O) groups excluding carboxylic acids is 2. The van der Waals surface area contributed by atoms with Crippen molar-refractivity contribution >= 4 is 34.4 Å². The van der Waals surface area contributed by atoms with Gasteiger partial charge in [-0.2, -0.15) is 0 Å². The van der Waals surface area contributed by atoms with Crippen LogP contribution in [0, 0.1) is 0 Å². The van der Waals surface area contributed by atoms with Gasteiger partial charge in [0.25, 0.3) is 0 Å². The Hall–Kier alpha value is -2.15. The number of carbonyl (C=O) groups is 2. The van der Waals surface area contributed by atoms with E-state index in [9.17, 15) is 9.59 Å². The average molecular weight is 378 g/mol. The van der Waals surface area contributed by atoms with Gasteiger partial charge in [-0.05, 0) is 30.5 Å². The Morgan fingerprint density at radius 1 is 1.31 bits per heavy atom. The largest absolute Gasteiger partial charge is 0.352 e. The standard InChI is InChI=1S/C18H24ClN5O2/c1-23-16-9-13(7-8-15(16)21-22-23)11-24(18(26)10-19)12-17(25)20-14-5-3-2-4-6-14/h7-9,14H,2-6,10-12H2,1H3,(H,20,25).